The van der Waals surface area contributed by atoms with Crippen molar-refractivity contribution in [1.29, 1.82) is 0 Å². The fourth-order valence-corrected chi connectivity index (χ4v) is 4.57. The van der Waals surface area contributed by atoms with Crippen LogP contribution < -0.4 is 33.2 Å². The van der Waals surface area contributed by atoms with Crippen LogP contribution in [0.25, 0.3) is 11.1 Å². The maximum absolute atomic E-state index is 13.4. The lowest BCUT2D eigenvalue weighted by Gasteiger charge is -2.26. The molecule has 0 aliphatic carbocycles. The number of phenols is 1. The second-order valence-electron chi connectivity index (χ2n) is 9.73. The van der Waals surface area contributed by atoms with E-state index in [1.807, 2.05) is 0 Å². The highest BCUT2D eigenvalue weighted by atomic mass is 35.5. The van der Waals surface area contributed by atoms with E-state index in [0.29, 0.717) is 27.3 Å². The van der Waals surface area contributed by atoms with E-state index in [4.69, 9.17) is 28.8 Å². The largest absolute Gasteiger partial charge is 0.508 e. The Hall–Kier alpha value is -3.75. The molecule has 4 bridgehead atoms. The molecule has 2 aromatic carbocycles. The molecule has 2 aromatic rings. The summed E-state index contributed by atoms with van der Waals surface area (Å²) in [7, 11) is 1.14. The van der Waals surface area contributed by atoms with Crippen LogP contribution in [0.5, 0.6) is 5.75 Å². The summed E-state index contributed by atoms with van der Waals surface area (Å²) in [4.78, 5) is 51.9. The van der Waals surface area contributed by atoms with E-state index >= 15 is 0 Å². The molecule has 1 heterocycles. The molecular formula is C30H47ClN6O7. The number of nitrogens with one attached hydrogen (secondary N) is 3. The van der Waals surface area contributed by atoms with E-state index in [0.717, 1.165) is 7.11 Å². The number of benzene rings is 2. The molecule has 0 saturated heterocycles. The normalized spacial score (nSPS) is 19.5. The average molecular weight is 639 g/mol. The second-order valence-corrected chi connectivity index (χ2v) is 10.1. The zero-order valence-electron chi connectivity index (χ0n) is 22.4. The lowest BCUT2D eigenvalue weighted by Crippen LogP contribution is -2.59. The van der Waals surface area contributed by atoms with Gasteiger partial charge in [0.25, 0.3) is 0 Å². The minimum atomic E-state index is -1.33. The molecule has 0 saturated carbocycles. The van der Waals surface area contributed by atoms with Crippen LogP contribution in [0.15, 0.2) is 36.4 Å². The van der Waals surface area contributed by atoms with Crippen molar-refractivity contribution >= 4 is 35.3 Å². The standard InChI is InChI=1S/C27H35ClN6O7.3CH4/c1-41-27(40)22(12-30)34-25(38)20-9-15-6-13(2-4-18(15)28)14-3-5-23(36)16(7-14)8-19(31)24(37)32-21(26(39)33-20)10-17(35)11-29;;;/h2-7,17,19-22,35-36H,8-12,29-31H2,1H3,(H,32,37)(H,33,39)(H,34,38);3*1H4/t17-,19+,20+,21+,22+;;;/m1.../s1. The molecular weight excluding hydrogens is 592 g/mol. The zero-order valence-corrected chi connectivity index (χ0v) is 23.2. The molecule has 14 heteroatoms. The molecule has 246 valence electrons. The number of carbonyl (C=O) groups is 4. The summed E-state index contributed by atoms with van der Waals surface area (Å²) >= 11 is 6.49. The van der Waals surface area contributed by atoms with Gasteiger partial charge in [-0.1, -0.05) is 46.0 Å². The maximum Gasteiger partial charge on any atom is 0.329 e. The molecule has 0 aromatic heterocycles. The number of nitrogens with two attached hydrogens (primary N) is 3. The van der Waals surface area contributed by atoms with Crippen LogP contribution in [0.4, 0.5) is 0 Å². The fraction of sp³-hybridized carbons (Fsp3) is 0.467. The highest BCUT2D eigenvalue weighted by molar-refractivity contribution is 6.31. The van der Waals surface area contributed by atoms with Gasteiger partial charge < -0.3 is 48.1 Å². The number of aliphatic hydroxyl groups excluding tert-OH is 1. The van der Waals surface area contributed by atoms with Gasteiger partial charge in [0.05, 0.1) is 19.3 Å². The minimum Gasteiger partial charge on any atom is -0.508 e. The first-order chi connectivity index (χ1) is 19.5. The van der Waals surface area contributed by atoms with Crippen LogP contribution in [0, 0.1) is 0 Å². The van der Waals surface area contributed by atoms with Crippen LogP contribution in [0.3, 0.4) is 0 Å². The molecule has 3 rings (SSSR count). The predicted octanol–water partition coefficient (Wildman–Crippen LogP) is 0.343. The maximum atomic E-state index is 13.4. The molecule has 13 nitrogen and oxygen atoms in total. The first-order valence-corrected chi connectivity index (χ1v) is 13.3. The predicted molar refractivity (Wildman–Crippen MR) is 171 cm³/mol. The van der Waals surface area contributed by atoms with Crippen molar-refractivity contribution in [3.05, 3.63) is 52.5 Å². The number of methoxy groups -OCH3 is 1. The van der Waals surface area contributed by atoms with Gasteiger partial charge in [0.15, 0.2) is 0 Å². The van der Waals surface area contributed by atoms with Crippen LogP contribution in [-0.4, -0.2) is 84.4 Å². The fourth-order valence-electron chi connectivity index (χ4n) is 4.38. The Bertz CT molecular complexity index is 1290. The summed E-state index contributed by atoms with van der Waals surface area (Å²) in [6.45, 7) is -0.465. The summed E-state index contributed by atoms with van der Waals surface area (Å²) in [5, 5.41) is 28.5. The number of esters is 1. The van der Waals surface area contributed by atoms with Crippen LogP contribution in [0.1, 0.15) is 39.8 Å². The molecule has 44 heavy (non-hydrogen) atoms. The van der Waals surface area contributed by atoms with Gasteiger partial charge in [-0.3, -0.25) is 14.4 Å². The van der Waals surface area contributed by atoms with Crippen molar-refractivity contribution in [2.24, 2.45) is 17.2 Å². The van der Waals surface area contributed by atoms with Crippen LogP contribution >= 0.6 is 11.6 Å². The number of amides is 3. The molecule has 0 unspecified atom stereocenters. The van der Waals surface area contributed by atoms with E-state index in [1.54, 1.807) is 30.3 Å². The molecule has 1 aliphatic rings. The topological polar surface area (TPSA) is 232 Å². The van der Waals surface area contributed by atoms with Gasteiger partial charge in [-0.05, 0) is 46.5 Å². The number of phenolic OH excluding ortho intramolecular Hbond substituents is 1. The number of halogens is 1. The number of aliphatic hydroxyl groups is 1. The second kappa shape index (κ2) is 18.1. The number of aromatic hydroxyl groups is 1. The van der Waals surface area contributed by atoms with Gasteiger partial charge in [-0.25, -0.2) is 4.79 Å². The third kappa shape index (κ3) is 10.2. The van der Waals surface area contributed by atoms with Gasteiger partial charge in [0.1, 0.15) is 23.9 Å². The summed E-state index contributed by atoms with van der Waals surface area (Å²) in [5.74, 6) is -3.16. The van der Waals surface area contributed by atoms with E-state index in [-0.39, 0.29) is 60.4 Å². The average Bonchev–Trinajstić information content (AvgIpc) is 2.96. The van der Waals surface area contributed by atoms with E-state index < -0.39 is 54.0 Å². The van der Waals surface area contributed by atoms with Crippen LogP contribution in [0.2, 0.25) is 5.02 Å². The first kappa shape index (κ1) is 40.2. The lowest BCUT2D eigenvalue weighted by atomic mass is 9.96. The third-order valence-corrected chi connectivity index (χ3v) is 7.11. The Morgan fingerprint density at radius 3 is 2.20 bits per heavy atom. The Balaban J connectivity index is 0.00000616. The minimum absolute atomic E-state index is 0. The number of hydrogen-bond donors (Lipinski definition) is 8. The summed E-state index contributed by atoms with van der Waals surface area (Å²) in [6.07, 6.45) is -1.62. The Labute approximate surface area is 263 Å². The number of hydrogen-bond acceptors (Lipinski definition) is 10. The van der Waals surface area contributed by atoms with Crippen molar-refractivity contribution in [2.45, 2.75) is 71.8 Å². The van der Waals surface area contributed by atoms with Crippen molar-refractivity contribution in [2.75, 3.05) is 20.2 Å². The summed E-state index contributed by atoms with van der Waals surface area (Å²) in [6, 6.07) is 4.94. The van der Waals surface area contributed by atoms with Crippen molar-refractivity contribution in [3.63, 3.8) is 0 Å². The van der Waals surface area contributed by atoms with Crippen LogP contribution in [-0.2, 0) is 36.8 Å². The highest BCUT2D eigenvalue weighted by Gasteiger charge is 2.32. The number of carbonyl (C=O) groups excluding carboxylic acids is 4. The molecule has 1 aliphatic heterocycles. The Kier molecular flexibility index (Phi) is 16.6. The number of fused-ring (bicyclic) bond motifs is 5. The van der Waals surface area contributed by atoms with Crippen molar-refractivity contribution in [1.82, 2.24) is 16.0 Å². The molecule has 0 radical (unpaired) electrons. The van der Waals surface area contributed by atoms with Gasteiger partial charge in [-0.15, -0.1) is 0 Å². The molecule has 0 fully saturated rings. The monoisotopic (exact) mass is 638 g/mol. The lowest BCUT2D eigenvalue weighted by molar-refractivity contribution is -0.145. The third-order valence-electron chi connectivity index (χ3n) is 6.74. The smallest absolute Gasteiger partial charge is 0.329 e. The van der Waals surface area contributed by atoms with Gasteiger partial charge >= 0.3 is 5.97 Å². The molecule has 0 spiro atoms. The summed E-state index contributed by atoms with van der Waals surface area (Å²) in [5.41, 5.74) is 19.5. The molecule has 11 N–H and O–H groups in total. The van der Waals surface area contributed by atoms with E-state index in [2.05, 4.69) is 20.7 Å². The SMILES string of the molecule is C.C.C.COC(=O)[C@H](CN)NC(=O)[C@@H]1Cc2cc(ccc2Cl)-c2ccc(O)c(c2)C[C@H](N)C(=O)N[C@@H](C[C@@H](O)CN)C(=O)N1. The van der Waals surface area contributed by atoms with E-state index in [1.165, 1.54) is 6.07 Å². The Morgan fingerprint density at radius 2 is 1.61 bits per heavy atom. The molecule has 3 amide bonds. The molecule has 5 atom stereocenters. The van der Waals surface area contributed by atoms with E-state index in [9.17, 15) is 29.4 Å². The van der Waals surface area contributed by atoms with Gasteiger partial charge in [0.2, 0.25) is 17.7 Å². The highest BCUT2D eigenvalue weighted by Crippen LogP contribution is 2.30. The summed E-state index contributed by atoms with van der Waals surface area (Å²) < 4.78 is 4.68. The Morgan fingerprint density at radius 1 is 1.00 bits per heavy atom. The quantitative estimate of drug-likeness (QED) is 0.194. The van der Waals surface area contributed by atoms with Crippen molar-refractivity contribution in [3.8, 4) is 16.9 Å². The number of rotatable bonds is 7. The van der Waals surface area contributed by atoms with Gasteiger partial charge in [0, 0.05) is 37.4 Å². The number of ether oxygens (including phenoxy) is 1. The zero-order chi connectivity index (χ0) is 30.3. The van der Waals surface area contributed by atoms with Gasteiger partial charge in [-0.2, -0.15) is 0 Å². The van der Waals surface area contributed by atoms with Crippen molar-refractivity contribution < 1.29 is 34.1 Å². The first-order valence-electron chi connectivity index (χ1n) is 12.9.